The molecule has 2 fully saturated rings. The SMILES string of the molecule is COc1cc([C@@H](CC2CC2)N2CCNCC2)cc(OC)c1Br.Cl.Cl. The molecular formula is C17H27BrCl2N2O2. The first-order valence-corrected chi connectivity index (χ1v) is 8.88. The fourth-order valence-corrected chi connectivity index (χ4v) is 3.79. The third kappa shape index (κ3) is 5.15. The molecule has 1 aromatic carbocycles. The second-order valence-corrected chi connectivity index (χ2v) is 7.01. The number of hydrogen-bond donors (Lipinski definition) is 1. The third-order valence-electron chi connectivity index (χ3n) is 4.70. The molecule has 0 aromatic heterocycles. The molecule has 1 aliphatic carbocycles. The van der Waals surface area contributed by atoms with Gasteiger partial charge in [-0.25, -0.2) is 0 Å². The van der Waals surface area contributed by atoms with Crippen LogP contribution in [0.2, 0.25) is 0 Å². The van der Waals surface area contributed by atoms with E-state index in [9.17, 15) is 0 Å². The molecular weight excluding hydrogens is 415 g/mol. The average molecular weight is 442 g/mol. The van der Waals surface area contributed by atoms with Crippen LogP contribution in [0.25, 0.3) is 0 Å². The monoisotopic (exact) mass is 440 g/mol. The van der Waals surface area contributed by atoms with E-state index in [1.165, 1.54) is 24.8 Å². The van der Waals surface area contributed by atoms with E-state index in [1.54, 1.807) is 14.2 Å². The van der Waals surface area contributed by atoms with Crippen LogP contribution in [-0.2, 0) is 0 Å². The molecule has 1 aliphatic heterocycles. The van der Waals surface area contributed by atoms with Crippen molar-refractivity contribution in [3.8, 4) is 11.5 Å². The first kappa shape index (κ1) is 21.8. The van der Waals surface area contributed by atoms with E-state index in [0.29, 0.717) is 6.04 Å². The Morgan fingerprint density at radius 1 is 1.12 bits per heavy atom. The van der Waals surface area contributed by atoms with Gasteiger partial charge in [0.05, 0.1) is 14.2 Å². The van der Waals surface area contributed by atoms with Crippen molar-refractivity contribution in [3.63, 3.8) is 0 Å². The summed E-state index contributed by atoms with van der Waals surface area (Å²) in [7, 11) is 3.42. The number of ether oxygens (including phenoxy) is 2. The van der Waals surface area contributed by atoms with Gasteiger partial charge in [-0.3, -0.25) is 4.90 Å². The highest BCUT2D eigenvalue weighted by molar-refractivity contribution is 9.10. The Labute approximate surface area is 165 Å². The first-order valence-electron chi connectivity index (χ1n) is 8.09. The zero-order valence-electron chi connectivity index (χ0n) is 14.2. The predicted molar refractivity (Wildman–Crippen MR) is 106 cm³/mol. The van der Waals surface area contributed by atoms with E-state index in [4.69, 9.17) is 9.47 Å². The summed E-state index contributed by atoms with van der Waals surface area (Å²) in [4.78, 5) is 2.61. The van der Waals surface area contributed by atoms with Crippen molar-refractivity contribution in [2.24, 2.45) is 5.92 Å². The number of methoxy groups -OCH3 is 2. The van der Waals surface area contributed by atoms with Crippen molar-refractivity contribution in [3.05, 3.63) is 22.2 Å². The minimum absolute atomic E-state index is 0. The molecule has 0 unspecified atom stereocenters. The van der Waals surface area contributed by atoms with E-state index in [1.807, 2.05) is 0 Å². The molecule has 0 amide bonds. The van der Waals surface area contributed by atoms with Gasteiger partial charge in [0.25, 0.3) is 0 Å². The molecule has 4 nitrogen and oxygen atoms in total. The predicted octanol–water partition coefficient (Wildman–Crippen LogP) is 4.06. The number of rotatable bonds is 6. The maximum Gasteiger partial charge on any atom is 0.137 e. The summed E-state index contributed by atoms with van der Waals surface area (Å²) in [5.41, 5.74) is 1.31. The maximum atomic E-state index is 5.53. The van der Waals surface area contributed by atoms with E-state index < -0.39 is 0 Å². The second-order valence-electron chi connectivity index (χ2n) is 6.22. The van der Waals surface area contributed by atoms with Crippen molar-refractivity contribution in [2.75, 3.05) is 40.4 Å². The Hall–Kier alpha value is -0.200. The highest BCUT2D eigenvalue weighted by atomic mass is 79.9. The Bertz CT molecular complexity index is 498. The lowest BCUT2D eigenvalue weighted by Gasteiger charge is -2.35. The first-order chi connectivity index (χ1) is 10.7. The average Bonchev–Trinajstić information content (AvgIpc) is 3.38. The van der Waals surface area contributed by atoms with Gasteiger partial charge < -0.3 is 14.8 Å². The Kier molecular flexibility index (Phi) is 9.17. The molecule has 0 bridgehead atoms. The summed E-state index contributed by atoms with van der Waals surface area (Å²) in [5, 5.41) is 3.45. The summed E-state index contributed by atoms with van der Waals surface area (Å²) in [6.07, 6.45) is 4.01. The van der Waals surface area contributed by atoms with Gasteiger partial charge in [-0.1, -0.05) is 12.8 Å². The molecule has 1 atom stereocenters. The zero-order chi connectivity index (χ0) is 15.5. The molecule has 1 aromatic rings. The fraction of sp³-hybridized carbons (Fsp3) is 0.647. The highest BCUT2D eigenvalue weighted by Gasteiger charge is 2.31. The van der Waals surface area contributed by atoms with E-state index >= 15 is 0 Å². The van der Waals surface area contributed by atoms with Gasteiger partial charge in [0.2, 0.25) is 0 Å². The number of halogens is 3. The van der Waals surface area contributed by atoms with Crippen LogP contribution in [-0.4, -0.2) is 45.3 Å². The van der Waals surface area contributed by atoms with Crippen LogP contribution in [0.4, 0.5) is 0 Å². The van der Waals surface area contributed by atoms with E-state index in [-0.39, 0.29) is 24.8 Å². The maximum absolute atomic E-state index is 5.53. The van der Waals surface area contributed by atoms with Crippen LogP contribution in [0.5, 0.6) is 11.5 Å². The molecule has 0 spiro atoms. The Morgan fingerprint density at radius 3 is 2.12 bits per heavy atom. The molecule has 24 heavy (non-hydrogen) atoms. The summed E-state index contributed by atoms with van der Waals surface area (Å²) in [5.74, 6) is 2.59. The summed E-state index contributed by atoms with van der Waals surface area (Å²) in [6, 6.07) is 4.80. The van der Waals surface area contributed by atoms with Gasteiger partial charge >= 0.3 is 0 Å². The molecule has 1 heterocycles. The molecule has 2 aliphatic rings. The number of nitrogens with zero attached hydrogens (tertiary/aromatic N) is 1. The van der Waals surface area contributed by atoms with E-state index in [0.717, 1.165) is 48.1 Å². The van der Waals surface area contributed by atoms with Crippen LogP contribution >= 0.6 is 40.7 Å². The topological polar surface area (TPSA) is 33.7 Å². The largest absolute Gasteiger partial charge is 0.495 e. The summed E-state index contributed by atoms with van der Waals surface area (Å²) >= 11 is 3.57. The lowest BCUT2D eigenvalue weighted by molar-refractivity contribution is 0.160. The van der Waals surface area contributed by atoms with Crippen molar-refractivity contribution in [1.82, 2.24) is 10.2 Å². The molecule has 3 rings (SSSR count). The minimum atomic E-state index is 0. The lowest BCUT2D eigenvalue weighted by atomic mass is 9.98. The van der Waals surface area contributed by atoms with Gasteiger partial charge in [-0.2, -0.15) is 0 Å². The second kappa shape index (κ2) is 10.1. The zero-order valence-corrected chi connectivity index (χ0v) is 17.4. The molecule has 1 saturated carbocycles. The van der Waals surface area contributed by atoms with Gasteiger partial charge in [-0.05, 0) is 46.0 Å². The molecule has 1 saturated heterocycles. The molecule has 1 N–H and O–H groups in total. The van der Waals surface area contributed by atoms with Crippen molar-refractivity contribution in [1.29, 1.82) is 0 Å². The van der Waals surface area contributed by atoms with E-state index in [2.05, 4.69) is 38.3 Å². The number of hydrogen-bond acceptors (Lipinski definition) is 4. The smallest absolute Gasteiger partial charge is 0.137 e. The minimum Gasteiger partial charge on any atom is -0.495 e. The highest BCUT2D eigenvalue weighted by Crippen LogP contribution is 2.43. The van der Waals surface area contributed by atoms with Crippen molar-refractivity contribution < 1.29 is 9.47 Å². The molecule has 0 radical (unpaired) electrons. The van der Waals surface area contributed by atoms with Crippen LogP contribution in [0.3, 0.4) is 0 Å². The van der Waals surface area contributed by atoms with Crippen LogP contribution < -0.4 is 14.8 Å². The number of piperazine rings is 1. The molecule has 138 valence electrons. The van der Waals surface area contributed by atoms with Crippen LogP contribution in [0, 0.1) is 5.92 Å². The normalized spacial score (nSPS) is 19.0. The van der Waals surface area contributed by atoms with Crippen LogP contribution in [0.15, 0.2) is 16.6 Å². The lowest BCUT2D eigenvalue weighted by Crippen LogP contribution is -2.45. The number of benzene rings is 1. The Balaban J connectivity index is 0.00000144. The summed E-state index contributed by atoms with van der Waals surface area (Å²) in [6.45, 7) is 4.37. The molecule has 7 heteroatoms. The Morgan fingerprint density at radius 2 is 1.67 bits per heavy atom. The standard InChI is InChI=1S/C17H25BrN2O2.2ClH/c1-21-15-10-13(11-16(22-2)17(15)18)14(9-12-3-4-12)20-7-5-19-6-8-20;;/h10-12,14,19H,3-9H2,1-2H3;2*1H/t14-;;/m1../s1. The van der Waals surface area contributed by atoms with Crippen molar-refractivity contribution in [2.45, 2.75) is 25.3 Å². The van der Waals surface area contributed by atoms with Gasteiger partial charge in [0.15, 0.2) is 0 Å². The summed E-state index contributed by atoms with van der Waals surface area (Å²) < 4.78 is 12.0. The van der Waals surface area contributed by atoms with Crippen molar-refractivity contribution >= 4 is 40.7 Å². The van der Waals surface area contributed by atoms with Gasteiger partial charge in [0.1, 0.15) is 16.0 Å². The quantitative estimate of drug-likeness (QED) is 0.721. The van der Waals surface area contributed by atoms with Crippen LogP contribution in [0.1, 0.15) is 30.9 Å². The fourth-order valence-electron chi connectivity index (χ4n) is 3.24. The number of nitrogens with one attached hydrogen (secondary N) is 1. The third-order valence-corrected chi connectivity index (χ3v) is 5.48. The van der Waals surface area contributed by atoms with Gasteiger partial charge in [0, 0.05) is 32.2 Å². The van der Waals surface area contributed by atoms with Gasteiger partial charge in [-0.15, -0.1) is 24.8 Å².